The van der Waals surface area contributed by atoms with Gasteiger partial charge in [0.2, 0.25) is 0 Å². The molecule has 0 bridgehead atoms. The Kier molecular flexibility index (Phi) is 4.31. The Bertz CT molecular complexity index is 522. The molecule has 0 spiro atoms. The summed E-state index contributed by atoms with van der Waals surface area (Å²) in [7, 11) is -0.961. The third-order valence-electron chi connectivity index (χ3n) is 4.14. The molecule has 0 radical (unpaired) electrons. The predicted octanol–water partition coefficient (Wildman–Crippen LogP) is 3.55. The summed E-state index contributed by atoms with van der Waals surface area (Å²) in [5, 5.41) is 6.92. The molecule has 2 rings (SSSR count). The van der Waals surface area contributed by atoms with E-state index in [-0.39, 0.29) is 0 Å². The van der Waals surface area contributed by atoms with E-state index in [1.165, 1.54) is 6.08 Å². The Balaban J connectivity index is 2.18. The van der Waals surface area contributed by atoms with Crippen LogP contribution in [-0.2, 0) is 15.7 Å². The van der Waals surface area contributed by atoms with E-state index < -0.39 is 24.0 Å². The molecular formula is C15H24BFN2O2. The highest BCUT2D eigenvalue weighted by molar-refractivity contribution is 6.54. The lowest BCUT2D eigenvalue weighted by Crippen LogP contribution is -2.41. The van der Waals surface area contributed by atoms with Gasteiger partial charge in [0.05, 0.1) is 17.4 Å². The number of hydrogen-bond acceptors (Lipinski definition) is 3. The predicted molar refractivity (Wildman–Crippen MR) is 82.3 cm³/mol. The lowest BCUT2D eigenvalue weighted by Gasteiger charge is -2.32. The van der Waals surface area contributed by atoms with Gasteiger partial charge in [0.25, 0.3) is 0 Å². The van der Waals surface area contributed by atoms with E-state index in [1.807, 2.05) is 27.7 Å². The van der Waals surface area contributed by atoms with E-state index in [0.29, 0.717) is 5.92 Å². The Morgan fingerprint density at radius 2 is 1.90 bits per heavy atom. The molecule has 21 heavy (non-hydrogen) atoms. The zero-order valence-corrected chi connectivity index (χ0v) is 13.7. The molecule has 1 N–H and O–H groups in total. The van der Waals surface area contributed by atoms with Crippen molar-refractivity contribution in [2.45, 2.75) is 59.2 Å². The van der Waals surface area contributed by atoms with Gasteiger partial charge in [-0.15, -0.1) is 0 Å². The van der Waals surface area contributed by atoms with Crippen LogP contribution in [0.25, 0.3) is 6.08 Å². The van der Waals surface area contributed by atoms with Crippen LogP contribution in [0.4, 0.5) is 4.39 Å². The summed E-state index contributed by atoms with van der Waals surface area (Å²) in [6, 6.07) is 0. The number of halogens is 1. The van der Waals surface area contributed by atoms with Crippen LogP contribution in [0.2, 0.25) is 0 Å². The quantitative estimate of drug-likeness (QED) is 0.864. The molecule has 1 saturated heterocycles. The number of aromatic nitrogens is 2. The van der Waals surface area contributed by atoms with Crippen LogP contribution < -0.4 is 0 Å². The average Bonchev–Trinajstić information content (AvgIpc) is 2.82. The third kappa shape index (κ3) is 3.38. The minimum Gasteiger partial charge on any atom is -0.398 e. The molecule has 0 saturated carbocycles. The topological polar surface area (TPSA) is 47.1 Å². The van der Waals surface area contributed by atoms with Crippen molar-refractivity contribution in [2.24, 2.45) is 5.92 Å². The first kappa shape index (κ1) is 16.2. The zero-order valence-electron chi connectivity index (χ0n) is 13.7. The highest BCUT2D eigenvalue weighted by Crippen LogP contribution is 2.39. The highest BCUT2D eigenvalue weighted by Gasteiger charge is 2.53. The fourth-order valence-corrected chi connectivity index (χ4v) is 2.19. The van der Waals surface area contributed by atoms with Gasteiger partial charge < -0.3 is 9.31 Å². The smallest absolute Gasteiger partial charge is 0.398 e. The van der Waals surface area contributed by atoms with Crippen LogP contribution in [0.3, 0.4) is 0 Å². The molecule has 116 valence electrons. The molecule has 1 aromatic rings. The molecule has 2 heterocycles. The minimum atomic E-state index is -0.961. The number of nitrogens with one attached hydrogen (secondary N) is 1. The third-order valence-corrected chi connectivity index (χ3v) is 4.14. The van der Waals surface area contributed by atoms with Crippen LogP contribution >= 0.6 is 0 Å². The number of rotatable bonds is 4. The molecule has 1 aliphatic heterocycles. The van der Waals surface area contributed by atoms with Crippen molar-refractivity contribution in [3.05, 3.63) is 23.2 Å². The van der Waals surface area contributed by atoms with E-state index >= 15 is 0 Å². The van der Waals surface area contributed by atoms with E-state index in [0.717, 1.165) is 17.7 Å². The molecule has 0 aliphatic carbocycles. The maximum Gasteiger partial charge on any atom is 0.525 e. The second-order valence-electron chi connectivity index (χ2n) is 7.02. The number of H-pyrrole nitrogens is 1. The van der Waals surface area contributed by atoms with Gasteiger partial charge in [-0.3, -0.25) is 5.10 Å². The van der Waals surface area contributed by atoms with E-state index in [9.17, 15) is 4.39 Å². The lowest BCUT2D eigenvalue weighted by atomic mass is 9.86. The van der Waals surface area contributed by atoms with Crippen molar-refractivity contribution in [1.29, 1.82) is 0 Å². The van der Waals surface area contributed by atoms with Crippen molar-refractivity contribution in [2.75, 3.05) is 0 Å². The fourth-order valence-electron chi connectivity index (χ4n) is 2.19. The summed E-state index contributed by atoms with van der Waals surface area (Å²) in [5.41, 5.74) is 0.160. The average molecular weight is 294 g/mol. The van der Waals surface area contributed by atoms with Gasteiger partial charge in [-0.1, -0.05) is 13.8 Å². The number of nitrogens with zero attached hydrogens (tertiary/aromatic N) is 1. The normalized spacial score (nSPS) is 21.3. The SMILES string of the molecule is CC(C)Cc1[nH]ncc1C=C(F)B1OC(C)(C)C(C)(C)O1. The maximum atomic E-state index is 14.4. The molecule has 1 aliphatic rings. The van der Waals surface area contributed by atoms with Crippen molar-refractivity contribution in [3.8, 4) is 0 Å². The highest BCUT2D eigenvalue weighted by atomic mass is 19.1. The second kappa shape index (κ2) is 5.57. The molecule has 6 heteroatoms. The Hall–Kier alpha value is -1.14. The summed E-state index contributed by atoms with van der Waals surface area (Å²) in [5.74, 6) is 0.470. The van der Waals surface area contributed by atoms with Crippen molar-refractivity contribution >= 4 is 13.2 Å². The molecule has 1 fully saturated rings. The first-order chi connectivity index (χ1) is 9.62. The van der Waals surface area contributed by atoms with Gasteiger partial charge in [0.1, 0.15) is 5.73 Å². The van der Waals surface area contributed by atoms with Crippen molar-refractivity contribution in [1.82, 2.24) is 10.2 Å². The van der Waals surface area contributed by atoms with Crippen LogP contribution in [0.1, 0.15) is 52.8 Å². The van der Waals surface area contributed by atoms with Crippen LogP contribution in [0.5, 0.6) is 0 Å². The molecule has 4 nitrogen and oxygen atoms in total. The summed E-state index contributed by atoms with van der Waals surface area (Å²) in [6.07, 6.45) is 3.90. The molecule has 1 aromatic heterocycles. The summed E-state index contributed by atoms with van der Waals surface area (Å²) < 4.78 is 25.8. The van der Waals surface area contributed by atoms with E-state index in [1.54, 1.807) is 6.20 Å². The Morgan fingerprint density at radius 3 is 2.43 bits per heavy atom. The van der Waals surface area contributed by atoms with Gasteiger partial charge in [-0.25, -0.2) is 4.39 Å². The van der Waals surface area contributed by atoms with Gasteiger partial charge >= 0.3 is 7.12 Å². The van der Waals surface area contributed by atoms with Crippen LogP contribution in [0, 0.1) is 5.92 Å². The molecule has 0 aromatic carbocycles. The minimum absolute atomic E-state index is 0.431. The van der Waals surface area contributed by atoms with Crippen molar-refractivity contribution < 1.29 is 13.7 Å². The largest absolute Gasteiger partial charge is 0.525 e. The Morgan fingerprint density at radius 1 is 1.33 bits per heavy atom. The Labute approximate surface area is 126 Å². The lowest BCUT2D eigenvalue weighted by molar-refractivity contribution is 0.00578. The van der Waals surface area contributed by atoms with Gasteiger partial charge in [0, 0.05) is 11.3 Å². The summed E-state index contributed by atoms with van der Waals surface area (Å²) >= 11 is 0. The first-order valence-corrected chi connectivity index (χ1v) is 7.37. The number of hydrogen-bond donors (Lipinski definition) is 1. The van der Waals surface area contributed by atoms with E-state index in [2.05, 4.69) is 24.0 Å². The first-order valence-electron chi connectivity index (χ1n) is 7.37. The molecule has 0 amide bonds. The summed E-state index contributed by atoms with van der Waals surface area (Å²) in [6.45, 7) is 11.8. The van der Waals surface area contributed by atoms with E-state index in [4.69, 9.17) is 9.31 Å². The molecule has 0 atom stereocenters. The molecule has 0 unspecified atom stereocenters. The second-order valence-corrected chi connectivity index (χ2v) is 7.02. The van der Waals surface area contributed by atoms with Crippen molar-refractivity contribution in [3.63, 3.8) is 0 Å². The number of aromatic amines is 1. The van der Waals surface area contributed by atoms with Crippen LogP contribution in [0.15, 0.2) is 11.9 Å². The molecular weight excluding hydrogens is 270 g/mol. The van der Waals surface area contributed by atoms with Gasteiger partial charge in [0.15, 0.2) is 0 Å². The monoisotopic (exact) mass is 294 g/mol. The van der Waals surface area contributed by atoms with Gasteiger partial charge in [-0.05, 0) is 46.1 Å². The maximum absolute atomic E-state index is 14.4. The zero-order chi connectivity index (χ0) is 15.8. The van der Waals surface area contributed by atoms with Crippen LogP contribution in [-0.4, -0.2) is 28.5 Å². The standard InChI is InChI=1S/C15H24BFN2O2/c1-10(2)7-12-11(9-18-19-12)8-13(17)16-20-14(3,4)15(5,6)21-16/h8-10H,7H2,1-6H3,(H,18,19). The van der Waals surface area contributed by atoms with Gasteiger partial charge in [-0.2, -0.15) is 5.10 Å². The summed E-state index contributed by atoms with van der Waals surface area (Å²) in [4.78, 5) is 0. The fraction of sp³-hybridized carbons (Fsp3) is 0.667.